The molecule has 0 N–H and O–H groups in total. The fourth-order valence-electron chi connectivity index (χ4n) is 3.04. The molecule has 2 atom stereocenters. The van der Waals surface area contributed by atoms with Crippen molar-refractivity contribution in [3.63, 3.8) is 0 Å². The average molecular weight is 301 g/mol. The van der Waals surface area contributed by atoms with Crippen molar-refractivity contribution >= 4 is 27.3 Å². The second kappa shape index (κ2) is 4.45. The second-order valence-corrected chi connectivity index (χ2v) is 8.20. The molecule has 0 spiro atoms. The van der Waals surface area contributed by atoms with Crippen LogP contribution < -0.4 is 0 Å². The Balaban J connectivity index is 2.25. The number of alkyl halides is 1. The van der Waals surface area contributed by atoms with Crippen LogP contribution in [-0.4, -0.2) is 0 Å². The third kappa shape index (κ3) is 2.24. The summed E-state index contributed by atoms with van der Waals surface area (Å²) in [5.74, 6) is 0.792. The quantitative estimate of drug-likeness (QED) is 0.621. The molecule has 0 amide bonds. The summed E-state index contributed by atoms with van der Waals surface area (Å²) in [6.07, 6.45) is 4.14. The minimum absolute atomic E-state index is 0.496. The molecule has 2 unspecified atom stereocenters. The maximum absolute atomic E-state index is 3.96. The highest BCUT2D eigenvalue weighted by Gasteiger charge is 2.39. The Bertz CT molecular complexity index is 378. The Morgan fingerprint density at radius 3 is 2.56 bits per heavy atom. The topological polar surface area (TPSA) is 0 Å². The van der Waals surface area contributed by atoms with Crippen LogP contribution in [0.4, 0.5) is 0 Å². The lowest BCUT2D eigenvalue weighted by atomic mass is 9.78. The van der Waals surface area contributed by atoms with E-state index >= 15 is 0 Å². The molecule has 0 aliphatic heterocycles. The Morgan fingerprint density at radius 1 is 1.44 bits per heavy atom. The van der Waals surface area contributed by atoms with Crippen molar-refractivity contribution in [3.8, 4) is 0 Å². The number of thiophene rings is 1. The van der Waals surface area contributed by atoms with Gasteiger partial charge in [0.05, 0.1) is 0 Å². The van der Waals surface area contributed by atoms with Gasteiger partial charge in [0.2, 0.25) is 0 Å². The first-order valence-corrected chi connectivity index (χ1v) is 7.86. The Kier molecular flexibility index (Phi) is 3.52. The molecule has 2 rings (SSSR count). The van der Waals surface area contributed by atoms with E-state index in [2.05, 4.69) is 49.7 Å². The molecule has 0 saturated heterocycles. The van der Waals surface area contributed by atoms with Gasteiger partial charge in [-0.2, -0.15) is 0 Å². The zero-order valence-corrected chi connectivity index (χ0v) is 13.0. The van der Waals surface area contributed by atoms with E-state index in [9.17, 15) is 0 Å². The van der Waals surface area contributed by atoms with Gasteiger partial charge in [-0.3, -0.25) is 0 Å². The summed E-state index contributed by atoms with van der Waals surface area (Å²) in [6, 6.07) is 2.37. The summed E-state index contributed by atoms with van der Waals surface area (Å²) in [6.45, 7) is 9.31. The van der Waals surface area contributed by atoms with Crippen LogP contribution in [0.3, 0.4) is 0 Å². The Morgan fingerprint density at radius 2 is 2.12 bits per heavy atom. The maximum Gasteiger partial charge on any atom is 0.0439 e. The number of hydrogen-bond donors (Lipinski definition) is 0. The molecule has 0 radical (unpaired) electrons. The van der Waals surface area contributed by atoms with Crippen LogP contribution in [0.2, 0.25) is 0 Å². The van der Waals surface area contributed by atoms with Crippen molar-refractivity contribution in [2.75, 3.05) is 0 Å². The second-order valence-electron chi connectivity index (χ2n) is 5.76. The first-order chi connectivity index (χ1) is 7.42. The predicted molar refractivity (Wildman–Crippen MR) is 76.6 cm³/mol. The van der Waals surface area contributed by atoms with Gasteiger partial charge in [-0.25, -0.2) is 0 Å². The number of aryl methyl sites for hydroxylation is 2. The Hall–Kier alpha value is 0.180. The van der Waals surface area contributed by atoms with Crippen molar-refractivity contribution in [2.45, 2.75) is 51.8 Å². The van der Waals surface area contributed by atoms with E-state index in [1.807, 2.05) is 11.3 Å². The molecular formula is C14H21BrS. The van der Waals surface area contributed by atoms with Crippen molar-refractivity contribution in [2.24, 2.45) is 11.3 Å². The molecule has 0 aromatic carbocycles. The van der Waals surface area contributed by atoms with Crippen molar-refractivity contribution in [1.82, 2.24) is 0 Å². The number of hydrogen-bond acceptors (Lipinski definition) is 1. The van der Waals surface area contributed by atoms with Gasteiger partial charge in [-0.1, -0.05) is 36.2 Å². The summed E-state index contributed by atoms with van der Waals surface area (Å²) in [5, 5.41) is 0. The van der Waals surface area contributed by atoms with Crippen LogP contribution in [0.5, 0.6) is 0 Å². The van der Waals surface area contributed by atoms with E-state index in [0.29, 0.717) is 10.2 Å². The highest BCUT2D eigenvalue weighted by molar-refractivity contribution is 9.09. The van der Waals surface area contributed by atoms with Crippen LogP contribution in [-0.2, 0) is 0 Å². The first-order valence-electron chi connectivity index (χ1n) is 6.13. The van der Waals surface area contributed by atoms with E-state index in [-0.39, 0.29) is 0 Å². The monoisotopic (exact) mass is 300 g/mol. The predicted octanol–water partition coefficient (Wildman–Crippen LogP) is 5.63. The van der Waals surface area contributed by atoms with Crippen LogP contribution in [0.1, 0.15) is 53.3 Å². The normalized spacial score (nSPS) is 25.9. The van der Waals surface area contributed by atoms with Gasteiger partial charge in [-0.15, -0.1) is 11.3 Å². The third-order valence-electron chi connectivity index (χ3n) is 4.07. The van der Waals surface area contributed by atoms with Gasteiger partial charge in [0.1, 0.15) is 0 Å². The van der Waals surface area contributed by atoms with Gasteiger partial charge in [-0.05, 0) is 49.7 Å². The van der Waals surface area contributed by atoms with Gasteiger partial charge >= 0.3 is 0 Å². The smallest absolute Gasteiger partial charge is 0.0439 e. The molecule has 1 aliphatic rings. The van der Waals surface area contributed by atoms with Crippen molar-refractivity contribution in [3.05, 3.63) is 21.4 Å². The van der Waals surface area contributed by atoms with Crippen LogP contribution >= 0.6 is 27.3 Å². The third-order valence-corrected chi connectivity index (χ3v) is 6.18. The lowest BCUT2D eigenvalue weighted by molar-refractivity contribution is 0.257. The van der Waals surface area contributed by atoms with Crippen molar-refractivity contribution in [1.29, 1.82) is 0 Å². The van der Waals surface area contributed by atoms with E-state index in [1.165, 1.54) is 34.6 Å². The standard InChI is InChI=1S/C14H21BrS/c1-9-8-11(10(2)16-9)13(15)12-6-5-7-14(12,3)4/h8,12-13H,5-7H2,1-4H3. The van der Waals surface area contributed by atoms with Crippen LogP contribution in [0.15, 0.2) is 6.07 Å². The van der Waals surface area contributed by atoms with E-state index in [1.54, 1.807) is 0 Å². The van der Waals surface area contributed by atoms with Gasteiger partial charge in [0.15, 0.2) is 0 Å². The van der Waals surface area contributed by atoms with E-state index in [4.69, 9.17) is 0 Å². The minimum Gasteiger partial charge on any atom is -0.146 e. The van der Waals surface area contributed by atoms with Crippen LogP contribution in [0.25, 0.3) is 0 Å². The fraction of sp³-hybridized carbons (Fsp3) is 0.714. The van der Waals surface area contributed by atoms with E-state index < -0.39 is 0 Å². The lowest BCUT2D eigenvalue weighted by Gasteiger charge is -2.31. The molecule has 1 aliphatic carbocycles. The molecule has 16 heavy (non-hydrogen) atoms. The van der Waals surface area contributed by atoms with Crippen LogP contribution in [0, 0.1) is 25.2 Å². The highest BCUT2D eigenvalue weighted by Crippen LogP contribution is 2.52. The van der Waals surface area contributed by atoms with Gasteiger partial charge in [0.25, 0.3) is 0 Å². The molecular weight excluding hydrogens is 280 g/mol. The molecule has 0 nitrogen and oxygen atoms in total. The summed E-state index contributed by atoms with van der Waals surface area (Å²) in [4.78, 5) is 3.48. The summed E-state index contributed by atoms with van der Waals surface area (Å²) in [5.41, 5.74) is 2.03. The lowest BCUT2D eigenvalue weighted by Crippen LogP contribution is -2.21. The fourth-order valence-corrected chi connectivity index (χ4v) is 5.62. The molecule has 0 bridgehead atoms. The van der Waals surface area contributed by atoms with Gasteiger partial charge < -0.3 is 0 Å². The molecule has 2 heteroatoms. The van der Waals surface area contributed by atoms with E-state index in [0.717, 1.165) is 5.92 Å². The average Bonchev–Trinajstić information content (AvgIpc) is 2.68. The Labute approximate surface area is 112 Å². The SMILES string of the molecule is Cc1cc(C(Br)C2CCCC2(C)C)c(C)s1. The molecule has 1 fully saturated rings. The zero-order valence-electron chi connectivity index (χ0n) is 10.6. The zero-order chi connectivity index (χ0) is 11.9. The molecule has 1 heterocycles. The number of rotatable bonds is 2. The molecule has 1 saturated carbocycles. The minimum atomic E-state index is 0.496. The molecule has 1 aromatic heterocycles. The van der Waals surface area contributed by atoms with Gasteiger partial charge in [0, 0.05) is 14.6 Å². The maximum atomic E-state index is 3.96. The number of halogens is 1. The summed E-state index contributed by atoms with van der Waals surface area (Å²) >= 11 is 5.89. The summed E-state index contributed by atoms with van der Waals surface area (Å²) < 4.78 is 0. The largest absolute Gasteiger partial charge is 0.146 e. The molecule has 90 valence electrons. The molecule has 1 aromatic rings. The first kappa shape index (κ1) is 12.6. The van der Waals surface area contributed by atoms with Crippen molar-refractivity contribution < 1.29 is 0 Å². The summed E-state index contributed by atoms with van der Waals surface area (Å²) in [7, 11) is 0. The highest BCUT2D eigenvalue weighted by atomic mass is 79.9.